The number of nitrogens with zero attached hydrogens (tertiary/aromatic N) is 2. The fourth-order valence-corrected chi connectivity index (χ4v) is 1.04. The van der Waals surface area contributed by atoms with Crippen LogP contribution in [0.4, 0.5) is 10.7 Å². The fraction of sp³-hybridized carbons (Fsp3) is 0.444. The first-order valence-corrected chi connectivity index (χ1v) is 4.67. The maximum Gasteiger partial charge on any atom is 0.404 e. The van der Waals surface area contributed by atoms with E-state index in [1.165, 1.54) is 7.11 Å². The zero-order chi connectivity index (χ0) is 12.0. The van der Waals surface area contributed by atoms with Crippen molar-refractivity contribution in [1.82, 2.24) is 9.97 Å². The molecule has 1 amide bonds. The monoisotopic (exact) mass is 226 g/mol. The van der Waals surface area contributed by atoms with Gasteiger partial charge in [0.1, 0.15) is 6.61 Å². The summed E-state index contributed by atoms with van der Waals surface area (Å²) in [5.41, 5.74) is 5.58. The highest BCUT2D eigenvalue weighted by Gasteiger charge is 2.01. The highest BCUT2D eigenvalue weighted by Crippen LogP contribution is 2.10. The van der Waals surface area contributed by atoms with Crippen LogP contribution in [-0.4, -0.2) is 36.3 Å². The second-order valence-corrected chi connectivity index (χ2v) is 2.97. The number of methoxy groups -OCH3 is 1. The molecule has 0 saturated heterocycles. The molecule has 0 saturated carbocycles. The molecule has 0 aliphatic heterocycles. The molecule has 3 N–H and O–H groups in total. The van der Waals surface area contributed by atoms with Gasteiger partial charge in [-0.1, -0.05) is 0 Å². The van der Waals surface area contributed by atoms with Gasteiger partial charge in [-0.25, -0.2) is 9.78 Å². The molecule has 1 heterocycles. The molecule has 1 aromatic heterocycles. The van der Waals surface area contributed by atoms with Crippen LogP contribution >= 0.6 is 0 Å². The van der Waals surface area contributed by atoms with Gasteiger partial charge in [0.25, 0.3) is 0 Å². The first-order valence-electron chi connectivity index (χ1n) is 4.67. The molecule has 0 unspecified atom stereocenters. The second-order valence-electron chi connectivity index (χ2n) is 2.97. The summed E-state index contributed by atoms with van der Waals surface area (Å²) in [6, 6.07) is 1.71. The van der Waals surface area contributed by atoms with Crippen molar-refractivity contribution in [3.8, 4) is 5.88 Å². The summed E-state index contributed by atoms with van der Waals surface area (Å²) in [6.45, 7) is 2.37. The van der Waals surface area contributed by atoms with Gasteiger partial charge < -0.3 is 20.5 Å². The Labute approximate surface area is 93.0 Å². The van der Waals surface area contributed by atoms with E-state index in [4.69, 9.17) is 10.5 Å². The number of aromatic nitrogens is 2. The Balaban J connectivity index is 2.47. The van der Waals surface area contributed by atoms with E-state index >= 15 is 0 Å². The molecule has 0 atom stereocenters. The van der Waals surface area contributed by atoms with Crippen LogP contribution in [0, 0.1) is 6.92 Å². The van der Waals surface area contributed by atoms with E-state index in [0.717, 1.165) is 5.69 Å². The van der Waals surface area contributed by atoms with E-state index < -0.39 is 6.09 Å². The van der Waals surface area contributed by atoms with Gasteiger partial charge in [-0.2, -0.15) is 4.98 Å². The summed E-state index contributed by atoms with van der Waals surface area (Å²) < 4.78 is 9.52. The second kappa shape index (κ2) is 5.74. The Kier molecular flexibility index (Phi) is 4.31. The zero-order valence-corrected chi connectivity index (χ0v) is 9.19. The molecule has 0 bridgehead atoms. The molecule has 7 heteroatoms. The number of nitrogens with one attached hydrogen (secondary N) is 1. The number of ether oxygens (including phenoxy) is 2. The van der Waals surface area contributed by atoms with Crippen LogP contribution in [0.5, 0.6) is 5.88 Å². The van der Waals surface area contributed by atoms with Crippen molar-refractivity contribution in [1.29, 1.82) is 0 Å². The Hall–Kier alpha value is -2.05. The van der Waals surface area contributed by atoms with Crippen molar-refractivity contribution in [3.05, 3.63) is 11.8 Å². The molecular formula is C9H14N4O3. The number of carbonyl (C=O) groups excluding carboxylic acids is 1. The Morgan fingerprint density at radius 1 is 1.56 bits per heavy atom. The highest BCUT2D eigenvalue weighted by atomic mass is 16.5. The summed E-state index contributed by atoms with van der Waals surface area (Å²) in [6.07, 6.45) is -0.801. The molecule has 1 rings (SSSR count). The number of rotatable bonds is 5. The molecule has 0 aliphatic rings. The molecule has 0 spiro atoms. The van der Waals surface area contributed by atoms with E-state index in [1.807, 2.05) is 6.92 Å². The number of hydrogen-bond donors (Lipinski definition) is 2. The van der Waals surface area contributed by atoms with Gasteiger partial charge in [-0.05, 0) is 6.92 Å². The number of carbonyl (C=O) groups is 1. The van der Waals surface area contributed by atoms with E-state index in [1.54, 1.807) is 6.07 Å². The van der Waals surface area contributed by atoms with Gasteiger partial charge in [0.2, 0.25) is 11.8 Å². The van der Waals surface area contributed by atoms with Gasteiger partial charge in [0, 0.05) is 11.8 Å². The van der Waals surface area contributed by atoms with Crippen molar-refractivity contribution in [2.75, 3.05) is 25.6 Å². The Morgan fingerprint density at radius 2 is 2.31 bits per heavy atom. The lowest BCUT2D eigenvalue weighted by molar-refractivity contribution is 0.161. The van der Waals surface area contributed by atoms with Crippen molar-refractivity contribution in [2.45, 2.75) is 6.92 Å². The Bertz CT molecular complexity index is 370. The molecule has 7 nitrogen and oxygen atoms in total. The predicted molar refractivity (Wildman–Crippen MR) is 57.3 cm³/mol. The number of primary amides is 1. The molecule has 88 valence electrons. The average molecular weight is 226 g/mol. The molecule has 0 radical (unpaired) electrons. The van der Waals surface area contributed by atoms with Crippen molar-refractivity contribution < 1.29 is 14.3 Å². The molecule has 1 aromatic rings. The minimum Gasteiger partial charge on any atom is -0.481 e. The molecular weight excluding hydrogens is 212 g/mol. The van der Waals surface area contributed by atoms with E-state index in [2.05, 4.69) is 20.0 Å². The van der Waals surface area contributed by atoms with Crippen molar-refractivity contribution in [2.24, 2.45) is 5.73 Å². The summed E-state index contributed by atoms with van der Waals surface area (Å²) in [5, 5.41) is 2.88. The smallest absolute Gasteiger partial charge is 0.404 e. The summed E-state index contributed by atoms with van der Waals surface area (Å²) in [7, 11) is 1.53. The SMILES string of the molecule is COc1cc(C)nc(NCCOC(N)=O)n1. The quantitative estimate of drug-likeness (QED) is 0.700. The van der Waals surface area contributed by atoms with Crippen LogP contribution in [0.2, 0.25) is 0 Å². The van der Waals surface area contributed by atoms with Crippen LogP contribution in [0.15, 0.2) is 6.07 Å². The average Bonchev–Trinajstić information content (AvgIpc) is 2.23. The van der Waals surface area contributed by atoms with Gasteiger partial charge in [-0.3, -0.25) is 0 Å². The third-order valence-electron chi connectivity index (χ3n) is 1.67. The van der Waals surface area contributed by atoms with Gasteiger partial charge in [0.15, 0.2) is 0 Å². The summed E-state index contributed by atoms with van der Waals surface area (Å²) in [5.74, 6) is 0.899. The number of amides is 1. The molecule has 16 heavy (non-hydrogen) atoms. The minimum atomic E-state index is -0.801. The van der Waals surface area contributed by atoms with Gasteiger partial charge >= 0.3 is 6.09 Å². The fourth-order valence-electron chi connectivity index (χ4n) is 1.04. The maximum atomic E-state index is 10.3. The topological polar surface area (TPSA) is 99.4 Å². The van der Waals surface area contributed by atoms with Crippen LogP contribution in [0.3, 0.4) is 0 Å². The summed E-state index contributed by atoms with van der Waals surface area (Å²) in [4.78, 5) is 18.5. The third-order valence-corrected chi connectivity index (χ3v) is 1.67. The van der Waals surface area contributed by atoms with Crippen LogP contribution in [0.1, 0.15) is 5.69 Å². The molecule has 0 aromatic carbocycles. The third kappa shape index (κ3) is 3.99. The van der Waals surface area contributed by atoms with Crippen LogP contribution in [-0.2, 0) is 4.74 Å². The van der Waals surface area contributed by atoms with Gasteiger partial charge in [-0.15, -0.1) is 0 Å². The van der Waals surface area contributed by atoms with Crippen LogP contribution < -0.4 is 15.8 Å². The maximum absolute atomic E-state index is 10.3. The minimum absolute atomic E-state index is 0.162. The first-order chi connectivity index (χ1) is 7.61. The first kappa shape index (κ1) is 12.0. The standard InChI is InChI=1S/C9H14N4O3/c1-6-5-7(15-2)13-9(12-6)11-3-4-16-8(10)14/h5H,3-4H2,1-2H3,(H2,10,14)(H,11,12,13). The molecule has 0 aliphatic carbocycles. The predicted octanol–water partition coefficient (Wildman–Crippen LogP) is 0.301. The number of hydrogen-bond acceptors (Lipinski definition) is 6. The summed E-state index contributed by atoms with van der Waals surface area (Å²) >= 11 is 0. The largest absolute Gasteiger partial charge is 0.481 e. The highest BCUT2D eigenvalue weighted by molar-refractivity contribution is 5.64. The van der Waals surface area contributed by atoms with Crippen molar-refractivity contribution in [3.63, 3.8) is 0 Å². The van der Waals surface area contributed by atoms with Crippen LogP contribution in [0.25, 0.3) is 0 Å². The van der Waals surface area contributed by atoms with Crippen molar-refractivity contribution >= 4 is 12.0 Å². The number of aryl methyl sites for hydroxylation is 1. The van der Waals surface area contributed by atoms with Gasteiger partial charge in [0.05, 0.1) is 13.7 Å². The number of nitrogens with two attached hydrogens (primary N) is 1. The lowest BCUT2D eigenvalue weighted by Crippen LogP contribution is -2.19. The normalized spacial score (nSPS) is 9.62. The zero-order valence-electron chi connectivity index (χ0n) is 9.19. The van der Waals surface area contributed by atoms with E-state index in [-0.39, 0.29) is 6.61 Å². The van der Waals surface area contributed by atoms with E-state index in [9.17, 15) is 4.79 Å². The number of anilines is 1. The molecule has 0 fully saturated rings. The Morgan fingerprint density at radius 3 is 2.94 bits per heavy atom. The van der Waals surface area contributed by atoms with E-state index in [0.29, 0.717) is 18.4 Å². The lowest BCUT2D eigenvalue weighted by Gasteiger charge is -2.07. The lowest BCUT2D eigenvalue weighted by atomic mass is 10.4.